The molecule has 1 aromatic heterocycles. The first-order valence-corrected chi connectivity index (χ1v) is 11.6. The lowest BCUT2D eigenvalue weighted by Crippen LogP contribution is -2.12. The van der Waals surface area contributed by atoms with Gasteiger partial charge in [-0.25, -0.2) is 0 Å². The minimum Gasteiger partial charge on any atom is -0.490 e. The van der Waals surface area contributed by atoms with Crippen LogP contribution in [0.3, 0.4) is 0 Å². The molecular formula is C22H23BrN4O4S. The first-order chi connectivity index (χ1) is 15.4. The third kappa shape index (κ3) is 5.68. The molecule has 3 aromatic rings. The summed E-state index contributed by atoms with van der Waals surface area (Å²) >= 11 is 4.81. The summed E-state index contributed by atoms with van der Waals surface area (Å²) in [6.45, 7) is 7.82. The summed E-state index contributed by atoms with van der Waals surface area (Å²) in [4.78, 5) is 11.2. The predicted molar refractivity (Wildman–Crippen MR) is 128 cm³/mol. The van der Waals surface area contributed by atoms with E-state index in [1.807, 2.05) is 54.8 Å². The molecule has 0 amide bonds. The number of rotatable bonds is 11. The first-order valence-electron chi connectivity index (χ1n) is 9.90. The Morgan fingerprint density at radius 3 is 2.69 bits per heavy atom. The Labute approximate surface area is 198 Å². The number of nitrogens with zero attached hydrogens (tertiary/aromatic N) is 4. The van der Waals surface area contributed by atoms with Gasteiger partial charge >= 0.3 is 0 Å². The van der Waals surface area contributed by atoms with Crippen molar-refractivity contribution < 1.29 is 14.4 Å². The van der Waals surface area contributed by atoms with E-state index in [0.29, 0.717) is 45.7 Å². The summed E-state index contributed by atoms with van der Waals surface area (Å²) in [7, 11) is 0. The number of hydrogen-bond acceptors (Lipinski definition) is 7. The fourth-order valence-electron chi connectivity index (χ4n) is 3.09. The zero-order chi connectivity index (χ0) is 23.1. The van der Waals surface area contributed by atoms with Crippen LogP contribution in [0.5, 0.6) is 11.5 Å². The van der Waals surface area contributed by atoms with Crippen molar-refractivity contribution in [1.29, 1.82) is 0 Å². The van der Waals surface area contributed by atoms with Crippen LogP contribution in [0, 0.1) is 17.0 Å². The van der Waals surface area contributed by atoms with Gasteiger partial charge < -0.3 is 9.47 Å². The Morgan fingerprint density at radius 1 is 1.28 bits per heavy atom. The van der Waals surface area contributed by atoms with Gasteiger partial charge in [-0.15, -0.1) is 10.2 Å². The van der Waals surface area contributed by atoms with Crippen LogP contribution in [0.15, 0.2) is 64.7 Å². The molecule has 2 aromatic carbocycles. The normalized spacial score (nSPS) is 11.7. The molecule has 10 heteroatoms. The smallest absolute Gasteiger partial charge is 0.220 e. The van der Waals surface area contributed by atoms with Gasteiger partial charge in [0.2, 0.25) is 6.54 Å². The van der Waals surface area contributed by atoms with Gasteiger partial charge in [-0.2, -0.15) is 0 Å². The number of para-hydroxylation sites is 1. The maximum absolute atomic E-state index is 11.5. The van der Waals surface area contributed by atoms with E-state index in [9.17, 15) is 10.1 Å². The number of aryl methyl sites for hydroxylation is 1. The lowest BCUT2D eigenvalue weighted by atomic mass is 10.1. The largest absolute Gasteiger partial charge is 0.490 e. The Bertz CT molecular complexity index is 1090. The third-order valence-corrected chi connectivity index (χ3v) is 6.19. The molecule has 1 atom stereocenters. The standard InChI is InChI=1S/C22H23BrN4O4S/c1-4-11-31-21-18(23)12-16(13-19(21)30-5-2)20(14-26(28)29)32-22-25-24-15(3)27(22)17-9-7-6-8-10-17/h4,6-10,12-13,20H,1,5,11,14H2,2-3H3/t20-/m1/s1. The van der Waals surface area contributed by atoms with Gasteiger partial charge in [0.1, 0.15) is 17.7 Å². The molecule has 0 aliphatic carbocycles. The second-order valence-electron chi connectivity index (χ2n) is 6.69. The van der Waals surface area contributed by atoms with E-state index in [2.05, 4.69) is 32.7 Å². The molecule has 8 nitrogen and oxygen atoms in total. The summed E-state index contributed by atoms with van der Waals surface area (Å²) in [6.07, 6.45) is 1.64. The number of thioether (sulfide) groups is 1. The van der Waals surface area contributed by atoms with Crippen molar-refractivity contribution in [2.75, 3.05) is 19.8 Å². The van der Waals surface area contributed by atoms with Gasteiger partial charge in [-0.1, -0.05) is 42.6 Å². The number of ether oxygens (including phenoxy) is 2. The van der Waals surface area contributed by atoms with Crippen molar-refractivity contribution >= 4 is 27.7 Å². The van der Waals surface area contributed by atoms with E-state index >= 15 is 0 Å². The van der Waals surface area contributed by atoms with Crippen molar-refractivity contribution in [3.8, 4) is 17.2 Å². The molecule has 0 unspecified atom stereocenters. The number of halogens is 1. The molecule has 168 valence electrons. The maximum atomic E-state index is 11.5. The third-order valence-electron chi connectivity index (χ3n) is 4.42. The Kier molecular flexibility index (Phi) is 8.29. The average molecular weight is 519 g/mol. The molecule has 32 heavy (non-hydrogen) atoms. The van der Waals surface area contributed by atoms with Crippen LogP contribution in [0.2, 0.25) is 0 Å². The molecule has 0 saturated heterocycles. The van der Waals surface area contributed by atoms with E-state index in [0.717, 1.165) is 5.69 Å². The quantitative estimate of drug-likeness (QED) is 0.145. The fraction of sp³-hybridized carbons (Fsp3) is 0.273. The molecule has 3 rings (SSSR count). The molecule has 0 radical (unpaired) electrons. The van der Waals surface area contributed by atoms with Gasteiger partial charge in [0.15, 0.2) is 16.7 Å². The average Bonchev–Trinajstić information content (AvgIpc) is 3.13. The maximum Gasteiger partial charge on any atom is 0.220 e. The Balaban J connectivity index is 2.02. The van der Waals surface area contributed by atoms with Crippen molar-refractivity contribution in [3.63, 3.8) is 0 Å². The second kappa shape index (κ2) is 11.1. The minimum absolute atomic E-state index is 0.295. The fourth-order valence-corrected chi connectivity index (χ4v) is 4.81. The van der Waals surface area contributed by atoms with E-state index in [1.165, 1.54) is 11.8 Å². The Morgan fingerprint density at radius 2 is 2.03 bits per heavy atom. The van der Waals surface area contributed by atoms with Crippen LogP contribution in [-0.2, 0) is 0 Å². The lowest BCUT2D eigenvalue weighted by molar-refractivity contribution is -0.479. The van der Waals surface area contributed by atoms with Gasteiger partial charge in [-0.05, 0) is 59.6 Å². The molecule has 0 aliphatic rings. The highest BCUT2D eigenvalue weighted by Gasteiger charge is 2.26. The highest BCUT2D eigenvalue weighted by atomic mass is 79.9. The van der Waals surface area contributed by atoms with E-state index < -0.39 is 5.25 Å². The predicted octanol–water partition coefficient (Wildman–Crippen LogP) is 5.41. The van der Waals surface area contributed by atoms with Gasteiger partial charge in [0.05, 0.1) is 11.1 Å². The van der Waals surface area contributed by atoms with Crippen LogP contribution in [0.25, 0.3) is 5.69 Å². The molecule has 0 fully saturated rings. The molecule has 0 N–H and O–H groups in total. The van der Waals surface area contributed by atoms with Crippen molar-refractivity contribution in [1.82, 2.24) is 14.8 Å². The molecule has 1 heterocycles. The summed E-state index contributed by atoms with van der Waals surface area (Å²) < 4.78 is 14.0. The van der Waals surface area contributed by atoms with Crippen LogP contribution >= 0.6 is 27.7 Å². The lowest BCUT2D eigenvalue weighted by Gasteiger charge is -2.18. The van der Waals surface area contributed by atoms with E-state index in [1.54, 1.807) is 12.1 Å². The van der Waals surface area contributed by atoms with Gasteiger partial charge in [-0.3, -0.25) is 14.7 Å². The van der Waals surface area contributed by atoms with Crippen LogP contribution in [-0.4, -0.2) is 39.4 Å². The molecule has 0 spiro atoms. The number of aromatic nitrogens is 3. The topological polar surface area (TPSA) is 92.3 Å². The zero-order valence-corrected chi connectivity index (χ0v) is 20.1. The molecule has 0 aliphatic heterocycles. The first kappa shape index (κ1) is 23.8. The molecule has 0 saturated carbocycles. The molecular weight excluding hydrogens is 496 g/mol. The zero-order valence-electron chi connectivity index (χ0n) is 17.7. The van der Waals surface area contributed by atoms with Gasteiger partial charge in [0.25, 0.3) is 0 Å². The minimum atomic E-state index is -0.528. The summed E-state index contributed by atoms with van der Waals surface area (Å²) in [6, 6.07) is 13.3. The summed E-state index contributed by atoms with van der Waals surface area (Å²) in [5, 5.41) is 20.0. The van der Waals surface area contributed by atoms with Crippen LogP contribution < -0.4 is 9.47 Å². The van der Waals surface area contributed by atoms with Gasteiger partial charge in [0, 0.05) is 10.6 Å². The summed E-state index contributed by atoms with van der Waals surface area (Å²) in [5.74, 6) is 1.74. The second-order valence-corrected chi connectivity index (χ2v) is 8.71. The monoisotopic (exact) mass is 518 g/mol. The van der Waals surface area contributed by atoms with E-state index in [-0.39, 0.29) is 11.5 Å². The highest BCUT2D eigenvalue weighted by Crippen LogP contribution is 2.43. The van der Waals surface area contributed by atoms with Crippen molar-refractivity contribution in [2.24, 2.45) is 0 Å². The Hall–Kier alpha value is -2.85. The number of benzene rings is 2. The van der Waals surface area contributed by atoms with Crippen LogP contribution in [0.4, 0.5) is 0 Å². The van der Waals surface area contributed by atoms with E-state index in [4.69, 9.17) is 9.47 Å². The molecule has 0 bridgehead atoms. The SMILES string of the molecule is C=CCOc1c(Br)cc([C@@H](C[N+](=O)[O-])Sc2nnc(C)n2-c2ccccc2)cc1OCC. The highest BCUT2D eigenvalue weighted by molar-refractivity contribution is 9.10. The van der Waals surface area contributed by atoms with Crippen molar-refractivity contribution in [3.05, 3.63) is 81.1 Å². The van der Waals surface area contributed by atoms with Crippen LogP contribution in [0.1, 0.15) is 23.6 Å². The summed E-state index contributed by atoms with van der Waals surface area (Å²) in [5.41, 5.74) is 1.61. The number of hydrogen-bond donors (Lipinski definition) is 0. The van der Waals surface area contributed by atoms with Crippen molar-refractivity contribution in [2.45, 2.75) is 24.3 Å². The number of nitro groups is 1.